The van der Waals surface area contributed by atoms with E-state index in [0.717, 1.165) is 5.56 Å². The third-order valence-electron chi connectivity index (χ3n) is 2.63. The lowest BCUT2D eigenvalue weighted by atomic mass is 10.2. The Balaban J connectivity index is 2.41. The number of hydrogen-bond acceptors (Lipinski definition) is 5. The van der Waals surface area contributed by atoms with Crippen LogP contribution in [0.25, 0.3) is 0 Å². The van der Waals surface area contributed by atoms with Crippen molar-refractivity contribution in [3.63, 3.8) is 0 Å². The molecule has 0 aromatic heterocycles. The Labute approximate surface area is 123 Å². The largest absolute Gasteiger partial charge is 0.487 e. The highest BCUT2D eigenvalue weighted by atomic mass is 16.6. The number of nitrogens with zero attached hydrogens (tertiary/aromatic N) is 1. The van der Waals surface area contributed by atoms with Crippen LogP contribution in [0.15, 0.2) is 30.4 Å². The van der Waals surface area contributed by atoms with Crippen molar-refractivity contribution in [2.75, 3.05) is 13.2 Å². The summed E-state index contributed by atoms with van der Waals surface area (Å²) < 4.78 is 10.2. The Kier molecular flexibility index (Phi) is 6.94. The van der Waals surface area contributed by atoms with Crippen LogP contribution in [-0.4, -0.2) is 24.1 Å². The van der Waals surface area contributed by atoms with Gasteiger partial charge in [-0.15, -0.1) is 0 Å². The van der Waals surface area contributed by atoms with E-state index in [4.69, 9.17) is 9.47 Å². The van der Waals surface area contributed by atoms with Crippen molar-refractivity contribution in [2.45, 2.75) is 26.7 Å². The Morgan fingerprint density at radius 3 is 2.86 bits per heavy atom. The minimum atomic E-state index is -0.463. The number of benzene rings is 1. The van der Waals surface area contributed by atoms with Gasteiger partial charge in [-0.3, -0.25) is 10.1 Å². The lowest BCUT2D eigenvalue weighted by molar-refractivity contribution is -0.385. The number of nitro groups is 1. The Hall–Kier alpha value is -2.37. The monoisotopic (exact) mass is 293 g/mol. The fourth-order valence-electron chi connectivity index (χ4n) is 1.64. The maximum Gasteiger partial charge on any atom is 0.330 e. The zero-order valence-electron chi connectivity index (χ0n) is 12.2. The number of nitro benzene ring substituents is 1. The van der Waals surface area contributed by atoms with Gasteiger partial charge in [-0.2, -0.15) is 0 Å². The van der Waals surface area contributed by atoms with Crippen LogP contribution in [-0.2, 0) is 9.53 Å². The van der Waals surface area contributed by atoms with E-state index >= 15 is 0 Å². The summed E-state index contributed by atoms with van der Waals surface area (Å²) in [6.07, 6.45) is 4.37. The summed E-state index contributed by atoms with van der Waals surface area (Å²) in [6, 6.07) is 4.75. The molecule has 0 aliphatic rings. The molecule has 0 aliphatic carbocycles. The van der Waals surface area contributed by atoms with Crippen LogP contribution in [0.4, 0.5) is 5.69 Å². The average molecular weight is 293 g/mol. The molecule has 6 heteroatoms. The summed E-state index contributed by atoms with van der Waals surface area (Å²) in [7, 11) is 0. The molecule has 0 aliphatic heterocycles. The average Bonchev–Trinajstić information content (AvgIpc) is 2.42. The SMILES string of the molecule is CCOC(=O)C=CCCCOc1cc(C)ccc1[N+](=O)[O-]. The molecule has 0 atom stereocenters. The van der Waals surface area contributed by atoms with Gasteiger partial charge in [0.1, 0.15) is 0 Å². The van der Waals surface area contributed by atoms with E-state index in [2.05, 4.69) is 0 Å². The third-order valence-corrected chi connectivity index (χ3v) is 2.63. The van der Waals surface area contributed by atoms with Gasteiger partial charge in [0.25, 0.3) is 0 Å². The van der Waals surface area contributed by atoms with Gasteiger partial charge in [0.2, 0.25) is 0 Å². The molecule has 21 heavy (non-hydrogen) atoms. The highest BCUT2D eigenvalue weighted by molar-refractivity contribution is 5.81. The fourth-order valence-corrected chi connectivity index (χ4v) is 1.64. The maximum atomic E-state index is 11.0. The molecule has 0 saturated carbocycles. The summed E-state index contributed by atoms with van der Waals surface area (Å²) >= 11 is 0. The predicted molar refractivity (Wildman–Crippen MR) is 78.3 cm³/mol. The summed E-state index contributed by atoms with van der Waals surface area (Å²) in [6.45, 7) is 4.29. The molecule has 114 valence electrons. The predicted octanol–water partition coefficient (Wildman–Crippen LogP) is 3.18. The topological polar surface area (TPSA) is 78.7 Å². The second-order valence-electron chi connectivity index (χ2n) is 4.37. The van der Waals surface area contributed by atoms with E-state index in [0.29, 0.717) is 26.1 Å². The first kappa shape index (κ1) is 16.7. The van der Waals surface area contributed by atoms with E-state index < -0.39 is 4.92 Å². The number of allylic oxidation sites excluding steroid dienone is 1. The molecule has 6 nitrogen and oxygen atoms in total. The van der Waals surface area contributed by atoms with Crippen molar-refractivity contribution in [1.82, 2.24) is 0 Å². The molecule has 0 bridgehead atoms. The molecule has 0 saturated heterocycles. The second kappa shape index (κ2) is 8.73. The first-order valence-corrected chi connectivity index (χ1v) is 6.75. The number of unbranched alkanes of at least 4 members (excludes halogenated alkanes) is 1. The van der Waals surface area contributed by atoms with Gasteiger partial charge in [-0.25, -0.2) is 4.79 Å². The van der Waals surface area contributed by atoms with Crippen LogP contribution < -0.4 is 4.74 Å². The Bertz CT molecular complexity index is 525. The lowest BCUT2D eigenvalue weighted by Gasteiger charge is -2.06. The van der Waals surface area contributed by atoms with Crippen molar-refractivity contribution < 1.29 is 19.2 Å². The van der Waals surface area contributed by atoms with Crippen molar-refractivity contribution in [2.24, 2.45) is 0 Å². The van der Waals surface area contributed by atoms with Crippen LogP contribution in [0, 0.1) is 17.0 Å². The summed E-state index contributed by atoms with van der Waals surface area (Å²) in [5.74, 6) is -0.0953. The molecule has 0 fully saturated rings. The second-order valence-corrected chi connectivity index (χ2v) is 4.37. The molecule has 0 unspecified atom stereocenters. The van der Waals surface area contributed by atoms with Crippen LogP contribution in [0.3, 0.4) is 0 Å². The normalized spacial score (nSPS) is 10.6. The molecule has 1 aromatic rings. The van der Waals surface area contributed by atoms with Gasteiger partial charge >= 0.3 is 11.7 Å². The molecule has 0 heterocycles. The minimum Gasteiger partial charge on any atom is -0.487 e. The number of esters is 1. The molecule has 0 radical (unpaired) electrons. The molecule has 0 N–H and O–H groups in total. The van der Waals surface area contributed by atoms with E-state index in [1.165, 1.54) is 12.1 Å². The number of aryl methyl sites for hydroxylation is 1. The van der Waals surface area contributed by atoms with Crippen LogP contribution >= 0.6 is 0 Å². The standard InChI is InChI=1S/C15H19NO5/c1-3-20-15(17)7-5-4-6-10-21-14-11-12(2)8-9-13(14)16(18)19/h5,7-9,11H,3-4,6,10H2,1-2H3. The van der Waals surface area contributed by atoms with Gasteiger partial charge in [0, 0.05) is 12.1 Å². The highest BCUT2D eigenvalue weighted by Gasteiger charge is 2.14. The number of rotatable bonds is 8. The van der Waals surface area contributed by atoms with Crippen LogP contribution in [0.2, 0.25) is 0 Å². The third kappa shape index (κ3) is 6.07. The number of ether oxygens (including phenoxy) is 2. The van der Waals surface area contributed by atoms with Crippen molar-refractivity contribution in [3.8, 4) is 5.75 Å². The van der Waals surface area contributed by atoms with E-state index in [-0.39, 0.29) is 17.4 Å². The molecular weight excluding hydrogens is 274 g/mol. The van der Waals surface area contributed by atoms with Crippen LogP contribution in [0.1, 0.15) is 25.3 Å². The summed E-state index contributed by atoms with van der Waals surface area (Å²) in [5, 5.41) is 10.9. The van der Waals surface area contributed by atoms with Gasteiger partial charge in [0.05, 0.1) is 18.1 Å². The number of hydrogen-bond donors (Lipinski definition) is 0. The fraction of sp³-hybridized carbons (Fsp3) is 0.400. The molecular formula is C15H19NO5. The summed E-state index contributed by atoms with van der Waals surface area (Å²) in [4.78, 5) is 21.4. The first-order chi connectivity index (χ1) is 10.0. The van der Waals surface area contributed by atoms with E-state index in [1.54, 1.807) is 25.1 Å². The molecule has 1 rings (SSSR count). The molecule has 0 spiro atoms. The van der Waals surface area contributed by atoms with Gasteiger partial charge in [-0.1, -0.05) is 12.1 Å². The maximum absolute atomic E-state index is 11.0. The van der Waals surface area contributed by atoms with Crippen molar-refractivity contribution in [3.05, 3.63) is 46.0 Å². The Morgan fingerprint density at radius 1 is 1.43 bits per heavy atom. The Morgan fingerprint density at radius 2 is 2.19 bits per heavy atom. The number of carbonyl (C=O) groups is 1. The van der Waals surface area contributed by atoms with E-state index in [1.807, 2.05) is 6.92 Å². The zero-order chi connectivity index (χ0) is 15.7. The lowest BCUT2D eigenvalue weighted by Crippen LogP contribution is -2.01. The van der Waals surface area contributed by atoms with Gasteiger partial charge in [-0.05, 0) is 38.3 Å². The van der Waals surface area contributed by atoms with E-state index in [9.17, 15) is 14.9 Å². The zero-order valence-corrected chi connectivity index (χ0v) is 12.2. The van der Waals surface area contributed by atoms with Gasteiger partial charge < -0.3 is 9.47 Å². The summed E-state index contributed by atoms with van der Waals surface area (Å²) in [5.41, 5.74) is 0.862. The first-order valence-electron chi connectivity index (χ1n) is 6.75. The van der Waals surface area contributed by atoms with Gasteiger partial charge in [0.15, 0.2) is 5.75 Å². The highest BCUT2D eigenvalue weighted by Crippen LogP contribution is 2.27. The molecule has 0 amide bonds. The van der Waals surface area contributed by atoms with Crippen LogP contribution in [0.5, 0.6) is 5.75 Å². The molecule has 1 aromatic carbocycles. The van der Waals surface area contributed by atoms with Crippen molar-refractivity contribution in [1.29, 1.82) is 0 Å². The smallest absolute Gasteiger partial charge is 0.330 e. The van der Waals surface area contributed by atoms with Crippen molar-refractivity contribution >= 4 is 11.7 Å². The quantitative estimate of drug-likeness (QED) is 0.242. The number of carbonyl (C=O) groups excluding carboxylic acids is 1. The minimum absolute atomic E-state index is 0.0392.